The summed E-state index contributed by atoms with van der Waals surface area (Å²) in [5.41, 5.74) is 0.932. The number of benzene rings is 1. The first-order chi connectivity index (χ1) is 12.5. The van der Waals surface area contributed by atoms with Gasteiger partial charge in [0.2, 0.25) is 0 Å². The fraction of sp³-hybridized carbons (Fsp3) is 0.650. The van der Waals surface area contributed by atoms with Crippen LogP contribution in [0.2, 0.25) is 0 Å². The van der Waals surface area contributed by atoms with Gasteiger partial charge >= 0.3 is 6.09 Å². The smallest absolute Gasteiger partial charge is 0.410 e. The molecule has 3 rings (SSSR count). The first-order valence-corrected chi connectivity index (χ1v) is 9.42. The number of likely N-dealkylation sites (tertiary alicyclic amines) is 1. The molecule has 1 saturated carbocycles. The first kappa shape index (κ1) is 19.1. The van der Waals surface area contributed by atoms with Crippen LogP contribution in [0, 0.1) is 17.8 Å². The minimum absolute atomic E-state index is 0.0425. The van der Waals surface area contributed by atoms with Crippen molar-refractivity contribution < 1.29 is 23.4 Å². The van der Waals surface area contributed by atoms with Crippen LogP contribution in [0.15, 0.2) is 30.3 Å². The Bertz CT molecular complexity index is 598. The number of carbonyl (C=O) groups is 1. The van der Waals surface area contributed by atoms with E-state index in [9.17, 15) is 18.7 Å². The Balaban J connectivity index is 1.61. The molecule has 1 heterocycles. The van der Waals surface area contributed by atoms with Gasteiger partial charge in [0.15, 0.2) is 0 Å². The molecule has 6 heteroatoms. The highest BCUT2D eigenvalue weighted by molar-refractivity contribution is 5.68. The lowest BCUT2D eigenvalue weighted by Crippen LogP contribution is -2.54. The molecule has 1 N–H and O–H groups in total. The normalized spacial score (nSPS) is 30.0. The van der Waals surface area contributed by atoms with Crippen molar-refractivity contribution in [3.63, 3.8) is 0 Å². The molecule has 5 atom stereocenters. The Morgan fingerprint density at radius 1 is 1.23 bits per heavy atom. The highest BCUT2D eigenvalue weighted by Gasteiger charge is 2.46. The van der Waals surface area contributed by atoms with E-state index in [-0.39, 0.29) is 36.5 Å². The third kappa shape index (κ3) is 4.00. The summed E-state index contributed by atoms with van der Waals surface area (Å²) >= 11 is 0. The van der Waals surface area contributed by atoms with E-state index in [1.54, 1.807) is 4.90 Å². The molecular formula is C20H27F2NO3. The summed E-state index contributed by atoms with van der Waals surface area (Å²) in [6, 6.07) is 9.44. The van der Waals surface area contributed by atoms with Crippen molar-refractivity contribution in [3.05, 3.63) is 35.9 Å². The standard InChI is InChI=1S/C20H27F2NO3/c1-13-15-8-5-9-17(18(24)19(21)22)16(15)10-11-23(13)20(25)26-12-14-6-3-2-4-7-14/h2-4,6-7,13,15-19,24H,5,8-12H2,1H3/t13-,15+,16+,17?,18?/m0/s1. The number of halogens is 2. The van der Waals surface area contributed by atoms with Gasteiger partial charge in [-0.1, -0.05) is 36.8 Å². The van der Waals surface area contributed by atoms with Gasteiger partial charge in [-0.2, -0.15) is 0 Å². The van der Waals surface area contributed by atoms with Gasteiger partial charge in [-0.25, -0.2) is 13.6 Å². The number of hydrogen-bond donors (Lipinski definition) is 1. The van der Waals surface area contributed by atoms with Gasteiger partial charge in [0.1, 0.15) is 12.7 Å². The molecule has 144 valence electrons. The van der Waals surface area contributed by atoms with Crippen LogP contribution in [0.1, 0.15) is 38.2 Å². The summed E-state index contributed by atoms with van der Waals surface area (Å²) in [7, 11) is 0. The van der Waals surface area contributed by atoms with E-state index in [0.717, 1.165) is 18.4 Å². The molecule has 2 aliphatic rings. The van der Waals surface area contributed by atoms with Crippen molar-refractivity contribution in [1.29, 1.82) is 0 Å². The number of ether oxygens (including phenoxy) is 1. The quantitative estimate of drug-likeness (QED) is 0.873. The van der Waals surface area contributed by atoms with Crippen LogP contribution in [0.5, 0.6) is 0 Å². The summed E-state index contributed by atoms with van der Waals surface area (Å²) in [6.07, 6.45) is -1.62. The molecule has 1 amide bonds. The van der Waals surface area contributed by atoms with E-state index in [1.165, 1.54) is 0 Å². The summed E-state index contributed by atoms with van der Waals surface area (Å²) < 4.78 is 31.4. The number of rotatable bonds is 4. The lowest BCUT2D eigenvalue weighted by molar-refractivity contribution is -0.0939. The second-order valence-corrected chi connectivity index (χ2v) is 7.51. The SMILES string of the molecule is C[C@H]1[C@H]2CCCC(C(O)C(F)F)[C@@H]2CCN1C(=O)OCc1ccccc1. The predicted octanol–water partition coefficient (Wildman–Crippen LogP) is 4.08. The highest BCUT2D eigenvalue weighted by atomic mass is 19.3. The number of fused-ring (bicyclic) bond motifs is 1. The van der Waals surface area contributed by atoms with Crippen LogP contribution in [0.4, 0.5) is 13.6 Å². The molecule has 1 aromatic rings. The molecule has 2 unspecified atom stereocenters. The number of nitrogens with zero attached hydrogens (tertiary/aromatic N) is 1. The Labute approximate surface area is 153 Å². The number of carbonyl (C=O) groups excluding carboxylic acids is 1. The monoisotopic (exact) mass is 367 g/mol. The number of hydrogen-bond acceptors (Lipinski definition) is 3. The van der Waals surface area contributed by atoms with Gasteiger partial charge in [-0.3, -0.25) is 0 Å². The van der Waals surface area contributed by atoms with Crippen LogP contribution in [-0.4, -0.2) is 41.2 Å². The van der Waals surface area contributed by atoms with Crippen LogP contribution in [0.25, 0.3) is 0 Å². The minimum atomic E-state index is -2.71. The topological polar surface area (TPSA) is 49.8 Å². The van der Waals surface area contributed by atoms with Gasteiger partial charge < -0.3 is 14.7 Å². The van der Waals surface area contributed by atoms with Crippen molar-refractivity contribution in [3.8, 4) is 0 Å². The summed E-state index contributed by atoms with van der Waals surface area (Å²) in [5, 5.41) is 9.91. The maximum Gasteiger partial charge on any atom is 0.410 e. The van der Waals surface area contributed by atoms with Gasteiger partial charge in [-0.15, -0.1) is 0 Å². The van der Waals surface area contributed by atoms with E-state index < -0.39 is 12.5 Å². The predicted molar refractivity (Wildman–Crippen MR) is 93.7 cm³/mol. The van der Waals surface area contributed by atoms with E-state index in [4.69, 9.17) is 4.74 Å². The zero-order valence-corrected chi connectivity index (χ0v) is 15.1. The maximum atomic E-state index is 13.0. The average Bonchev–Trinajstić information content (AvgIpc) is 2.66. The van der Waals surface area contributed by atoms with Crippen LogP contribution in [0.3, 0.4) is 0 Å². The number of piperidine rings is 1. The van der Waals surface area contributed by atoms with Gasteiger partial charge in [0.05, 0.1) is 0 Å². The summed E-state index contributed by atoms with van der Waals surface area (Å²) in [5.74, 6) is -0.195. The van der Waals surface area contributed by atoms with Crippen molar-refractivity contribution in [2.45, 2.75) is 57.8 Å². The number of aliphatic hydroxyl groups is 1. The molecule has 2 fully saturated rings. The second-order valence-electron chi connectivity index (χ2n) is 7.51. The van der Waals surface area contributed by atoms with Gasteiger partial charge in [-0.05, 0) is 49.5 Å². The summed E-state index contributed by atoms with van der Waals surface area (Å²) in [6.45, 7) is 2.68. The highest BCUT2D eigenvalue weighted by Crippen LogP contribution is 2.45. The minimum Gasteiger partial charge on any atom is -0.445 e. The molecule has 4 nitrogen and oxygen atoms in total. The molecule has 1 saturated heterocycles. The molecular weight excluding hydrogens is 340 g/mol. The molecule has 0 bridgehead atoms. The molecule has 0 radical (unpaired) electrons. The Morgan fingerprint density at radius 3 is 2.65 bits per heavy atom. The molecule has 26 heavy (non-hydrogen) atoms. The third-order valence-electron chi connectivity index (χ3n) is 6.13. The fourth-order valence-corrected chi connectivity index (χ4v) is 4.76. The molecule has 0 spiro atoms. The van der Waals surface area contributed by atoms with Crippen molar-refractivity contribution >= 4 is 6.09 Å². The fourth-order valence-electron chi connectivity index (χ4n) is 4.76. The van der Waals surface area contributed by atoms with E-state index >= 15 is 0 Å². The van der Waals surface area contributed by atoms with E-state index in [2.05, 4.69) is 0 Å². The van der Waals surface area contributed by atoms with Crippen LogP contribution in [-0.2, 0) is 11.3 Å². The maximum absolute atomic E-state index is 13.0. The Hall–Kier alpha value is -1.69. The molecule has 1 aromatic carbocycles. The lowest BCUT2D eigenvalue weighted by atomic mass is 9.64. The number of amides is 1. The first-order valence-electron chi connectivity index (χ1n) is 9.42. The Kier molecular flexibility index (Phi) is 6.12. The van der Waals surface area contributed by atoms with Crippen LogP contribution >= 0.6 is 0 Å². The molecule has 1 aliphatic carbocycles. The number of aliphatic hydroxyl groups excluding tert-OH is 1. The zero-order chi connectivity index (χ0) is 18.7. The molecule has 1 aliphatic heterocycles. The van der Waals surface area contributed by atoms with Gasteiger partial charge in [0, 0.05) is 12.6 Å². The van der Waals surface area contributed by atoms with E-state index in [0.29, 0.717) is 19.4 Å². The zero-order valence-electron chi connectivity index (χ0n) is 15.1. The van der Waals surface area contributed by atoms with Crippen molar-refractivity contribution in [2.24, 2.45) is 17.8 Å². The van der Waals surface area contributed by atoms with Gasteiger partial charge in [0.25, 0.3) is 6.43 Å². The Morgan fingerprint density at radius 2 is 1.96 bits per heavy atom. The average molecular weight is 367 g/mol. The lowest BCUT2D eigenvalue weighted by Gasteiger charge is -2.49. The van der Waals surface area contributed by atoms with Crippen molar-refractivity contribution in [1.82, 2.24) is 4.90 Å². The molecule has 0 aromatic heterocycles. The third-order valence-corrected chi connectivity index (χ3v) is 6.13. The number of alkyl halides is 2. The largest absolute Gasteiger partial charge is 0.445 e. The summed E-state index contributed by atoms with van der Waals surface area (Å²) in [4.78, 5) is 14.2. The van der Waals surface area contributed by atoms with Crippen molar-refractivity contribution in [2.75, 3.05) is 6.54 Å². The van der Waals surface area contributed by atoms with Crippen LogP contribution < -0.4 is 0 Å². The van der Waals surface area contributed by atoms with E-state index in [1.807, 2.05) is 37.3 Å². The second kappa shape index (κ2) is 8.33.